The van der Waals surface area contributed by atoms with E-state index < -0.39 is 17.4 Å². The van der Waals surface area contributed by atoms with Gasteiger partial charge in [0.15, 0.2) is 0 Å². The van der Waals surface area contributed by atoms with Crippen molar-refractivity contribution >= 4 is 17.6 Å². The zero-order valence-electron chi connectivity index (χ0n) is 13.8. The average Bonchev–Trinajstić information content (AvgIpc) is 2.84. The zero-order valence-corrected chi connectivity index (χ0v) is 13.8. The Morgan fingerprint density at radius 2 is 1.76 bits per heavy atom. The third kappa shape index (κ3) is 2.71. The number of nitrogens with zero attached hydrogens (tertiary/aromatic N) is 1. The largest absolute Gasteiger partial charge is 0.494 e. The van der Waals surface area contributed by atoms with E-state index in [0.29, 0.717) is 30.4 Å². The second kappa shape index (κ2) is 6.31. The van der Waals surface area contributed by atoms with Gasteiger partial charge in [0.05, 0.1) is 30.0 Å². The van der Waals surface area contributed by atoms with Crippen LogP contribution in [0.3, 0.4) is 0 Å². The molecule has 1 aliphatic heterocycles. The highest BCUT2D eigenvalue weighted by atomic mass is 16.5. The number of hydrogen-bond donors (Lipinski definition) is 2. The minimum absolute atomic E-state index is 0.0196. The first-order chi connectivity index (χ1) is 12.0. The number of ether oxygens (including phenoxy) is 2. The van der Waals surface area contributed by atoms with Crippen LogP contribution in [0, 0.1) is 0 Å². The lowest BCUT2D eigenvalue weighted by molar-refractivity contribution is 0.0880. The number of amides is 2. The number of rotatable bonds is 5. The Kier molecular flexibility index (Phi) is 4.18. The summed E-state index contributed by atoms with van der Waals surface area (Å²) in [5, 5.41) is 2.13. The summed E-state index contributed by atoms with van der Waals surface area (Å²) in [6, 6.07) is 6.07. The fourth-order valence-electron chi connectivity index (χ4n) is 2.73. The molecule has 0 spiro atoms. The summed E-state index contributed by atoms with van der Waals surface area (Å²) in [5.74, 6) is -0.465. The van der Waals surface area contributed by atoms with Crippen LogP contribution in [0.2, 0.25) is 0 Å². The van der Waals surface area contributed by atoms with Crippen LogP contribution in [-0.2, 0) is 0 Å². The van der Waals surface area contributed by atoms with E-state index >= 15 is 0 Å². The number of nitrogens with two attached hydrogens (primary N) is 1. The van der Waals surface area contributed by atoms with Crippen molar-refractivity contribution in [3.8, 4) is 17.2 Å². The molecule has 0 atom stereocenters. The molecule has 1 aromatic heterocycles. The molecule has 2 aromatic rings. The van der Waals surface area contributed by atoms with Crippen LogP contribution in [0.5, 0.6) is 11.5 Å². The summed E-state index contributed by atoms with van der Waals surface area (Å²) in [7, 11) is 0. The minimum atomic E-state index is -0.635. The Bertz CT molecular complexity index is 933. The van der Waals surface area contributed by atoms with Gasteiger partial charge in [-0.05, 0) is 26.0 Å². The molecule has 3 N–H and O–H groups in total. The van der Waals surface area contributed by atoms with Gasteiger partial charge < -0.3 is 15.2 Å². The molecule has 0 saturated heterocycles. The van der Waals surface area contributed by atoms with Gasteiger partial charge >= 0.3 is 0 Å². The highest BCUT2D eigenvalue weighted by molar-refractivity contribution is 6.23. The molecule has 0 aliphatic carbocycles. The van der Waals surface area contributed by atoms with E-state index in [1.165, 1.54) is 0 Å². The SMILES string of the molecule is CCOc1ccc(OCC)c(-n2c(N)c3c(cc2=O)C(=O)NC3=O)c1. The molecule has 0 saturated carbocycles. The smallest absolute Gasteiger partial charge is 0.262 e. The summed E-state index contributed by atoms with van der Waals surface area (Å²) in [4.78, 5) is 36.3. The van der Waals surface area contributed by atoms with Crippen LogP contribution in [0.1, 0.15) is 34.6 Å². The number of anilines is 1. The summed E-state index contributed by atoms with van der Waals surface area (Å²) in [6.07, 6.45) is 0. The highest BCUT2D eigenvalue weighted by Crippen LogP contribution is 2.31. The first kappa shape index (κ1) is 16.6. The van der Waals surface area contributed by atoms with Gasteiger partial charge in [-0.2, -0.15) is 0 Å². The van der Waals surface area contributed by atoms with E-state index in [1.807, 2.05) is 6.92 Å². The normalized spacial score (nSPS) is 12.7. The minimum Gasteiger partial charge on any atom is -0.494 e. The Morgan fingerprint density at radius 3 is 2.44 bits per heavy atom. The number of carbonyl (C=O) groups is 2. The summed E-state index contributed by atoms with van der Waals surface area (Å²) < 4.78 is 12.2. The number of nitrogen functional groups attached to an aromatic ring is 1. The molecule has 2 amide bonds. The van der Waals surface area contributed by atoms with Gasteiger partial charge in [0.25, 0.3) is 17.4 Å². The molecule has 130 valence electrons. The number of hydrogen-bond acceptors (Lipinski definition) is 6. The molecular weight excluding hydrogens is 326 g/mol. The molecule has 0 bridgehead atoms. The summed E-state index contributed by atoms with van der Waals surface area (Å²) in [6.45, 7) is 4.46. The third-order valence-electron chi connectivity index (χ3n) is 3.74. The lowest BCUT2D eigenvalue weighted by Gasteiger charge is -2.17. The van der Waals surface area contributed by atoms with Crippen LogP contribution in [0.4, 0.5) is 5.82 Å². The van der Waals surface area contributed by atoms with Crippen LogP contribution in [0.15, 0.2) is 29.1 Å². The number of aromatic nitrogens is 1. The molecule has 0 unspecified atom stereocenters. The maximum absolute atomic E-state index is 12.6. The number of imide groups is 1. The number of fused-ring (bicyclic) bond motifs is 1. The van der Waals surface area contributed by atoms with Crippen molar-refractivity contribution in [3.63, 3.8) is 0 Å². The van der Waals surface area contributed by atoms with Crippen molar-refractivity contribution < 1.29 is 19.1 Å². The second-order valence-electron chi connectivity index (χ2n) is 5.27. The summed E-state index contributed by atoms with van der Waals surface area (Å²) >= 11 is 0. The van der Waals surface area contributed by atoms with Crippen molar-refractivity contribution in [2.45, 2.75) is 13.8 Å². The van der Waals surface area contributed by atoms with Crippen molar-refractivity contribution in [2.24, 2.45) is 0 Å². The number of carbonyl (C=O) groups excluding carboxylic acids is 2. The van der Waals surface area contributed by atoms with E-state index in [1.54, 1.807) is 25.1 Å². The Balaban J connectivity index is 2.28. The number of pyridine rings is 1. The average molecular weight is 343 g/mol. The lowest BCUT2D eigenvalue weighted by atomic mass is 10.1. The molecule has 8 heteroatoms. The molecule has 3 rings (SSSR count). The molecular formula is C17H17N3O5. The van der Waals surface area contributed by atoms with Crippen molar-refractivity contribution in [2.75, 3.05) is 18.9 Å². The first-order valence-electron chi connectivity index (χ1n) is 7.79. The second-order valence-corrected chi connectivity index (χ2v) is 5.27. The van der Waals surface area contributed by atoms with E-state index in [2.05, 4.69) is 5.32 Å². The van der Waals surface area contributed by atoms with Crippen molar-refractivity contribution in [3.05, 3.63) is 45.7 Å². The number of benzene rings is 1. The molecule has 8 nitrogen and oxygen atoms in total. The zero-order chi connectivity index (χ0) is 18.1. The molecule has 0 fully saturated rings. The van der Waals surface area contributed by atoms with Gasteiger partial charge in [-0.3, -0.25) is 24.3 Å². The first-order valence-corrected chi connectivity index (χ1v) is 7.79. The van der Waals surface area contributed by atoms with Gasteiger partial charge in [0.2, 0.25) is 0 Å². The van der Waals surface area contributed by atoms with Gasteiger partial charge in [-0.15, -0.1) is 0 Å². The van der Waals surface area contributed by atoms with E-state index in [-0.39, 0.29) is 16.9 Å². The quantitative estimate of drug-likeness (QED) is 0.786. The topological polar surface area (TPSA) is 113 Å². The van der Waals surface area contributed by atoms with E-state index in [4.69, 9.17) is 15.2 Å². The predicted octanol–water partition coefficient (Wildman–Crippen LogP) is 1.10. The Hall–Kier alpha value is -3.29. The highest BCUT2D eigenvalue weighted by Gasteiger charge is 2.32. The monoisotopic (exact) mass is 343 g/mol. The van der Waals surface area contributed by atoms with E-state index in [9.17, 15) is 14.4 Å². The molecule has 0 radical (unpaired) electrons. The fraction of sp³-hybridized carbons (Fsp3) is 0.235. The van der Waals surface area contributed by atoms with Crippen LogP contribution < -0.4 is 26.1 Å². The molecule has 25 heavy (non-hydrogen) atoms. The molecule has 1 aromatic carbocycles. The fourth-order valence-corrected chi connectivity index (χ4v) is 2.73. The predicted molar refractivity (Wildman–Crippen MR) is 90.6 cm³/mol. The summed E-state index contributed by atoms with van der Waals surface area (Å²) in [5.41, 5.74) is 5.81. The maximum Gasteiger partial charge on any atom is 0.262 e. The van der Waals surface area contributed by atoms with E-state index in [0.717, 1.165) is 10.6 Å². The van der Waals surface area contributed by atoms with Gasteiger partial charge in [0.1, 0.15) is 17.3 Å². The standard InChI is InChI=1S/C17H17N3O5/c1-3-24-9-5-6-12(25-4-2)11(7-9)20-13(21)8-10-14(15(20)18)17(23)19-16(10)22/h5-8H,3-4,18H2,1-2H3,(H,19,22,23). The van der Waals surface area contributed by atoms with Crippen LogP contribution >= 0.6 is 0 Å². The number of nitrogens with one attached hydrogen (secondary N) is 1. The van der Waals surface area contributed by atoms with Gasteiger partial charge in [0, 0.05) is 12.1 Å². The van der Waals surface area contributed by atoms with Crippen molar-refractivity contribution in [1.29, 1.82) is 0 Å². The molecule has 2 heterocycles. The Labute approximate surface area is 143 Å². The maximum atomic E-state index is 12.6. The van der Waals surface area contributed by atoms with Crippen LogP contribution in [-0.4, -0.2) is 29.6 Å². The van der Waals surface area contributed by atoms with Gasteiger partial charge in [-0.25, -0.2) is 0 Å². The lowest BCUT2D eigenvalue weighted by Crippen LogP contribution is -2.24. The van der Waals surface area contributed by atoms with Crippen LogP contribution in [0.25, 0.3) is 5.69 Å². The third-order valence-corrected chi connectivity index (χ3v) is 3.74. The van der Waals surface area contributed by atoms with Gasteiger partial charge in [-0.1, -0.05) is 0 Å². The Morgan fingerprint density at radius 1 is 1.04 bits per heavy atom. The van der Waals surface area contributed by atoms with Crippen molar-refractivity contribution in [1.82, 2.24) is 9.88 Å². The molecule has 1 aliphatic rings.